The highest BCUT2D eigenvalue weighted by Gasteiger charge is 2.73. The van der Waals surface area contributed by atoms with Crippen LogP contribution < -0.4 is 10.1 Å². The predicted octanol–water partition coefficient (Wildman–Crippen LogP) is 3.45. The summed E-state index contributed by atoms with van der Waals surface area (Å²) in [4.78, 5) is 26.6. The van der Waals surface area contributed by atoms with Gasteiger partial charge in [0.15, 0.2) is 12.8 Å². The minimum Gasteiger partial charge on any atom is -0.484 e. The molecule has 2 N–H and O–H groups in total. The molecule has 9 heteroatoms. The lowest BCUT2D eigenvalue weighted by Gasteiger charge is -2.73. The number of aliphatic hydroxyl groups is 1. The largest absolute Gasteiger partial charge is 0.484 e. The number of carbonyl (C=O) groups excluding carboxylic acids is 2. The molecule has 2 bridgehead atoms. The summed E-state index contributed by atoms with van der Waals surface area (Å²) in [6.45, 7) is -0.259. The van der Waals surface area contributed by atoms with E-state index in [-0.39, 0.29) is 29.2 Å². The average molecular weight is 451 g/mol. The zero-order valence-corrected chi connectivity index (χ0v) is 17.1. The molecule has 2 amide bonds. The molecule has 2 aromatic carbocycles. The number of hydrogen-bond donors (Lipinski definition) is 2. The van der Waals surface area contributed by atoms with Crippen LogP contribution in [0.5, 0.6) is 5.75 Å². The summed E-state index contributed by atoms with van der Waals surface area (Å²) in [5.74, 6) is -0.959. The van der Waals surface area contributed by atoms with Gasteiger partial charge >= 0.3 is 0 Å². The van der Waals surface area contributed by atoms with Gasteiger partial charge in [0.25, 0.3) is 11.8 Å². The maximum Gasteiger partial charge on any atom is 0.258 e. The van der Waals surface area contributed by atoms with E-state index in [4.69, 9.17) is 27.9 Å². The fourth-order valence-corrected chi connectivity index (χ4v) is 5.26. The Morgan fingerprint density at radius 2 is 1.97 bits per heavy atom. The van der Waals surface area contributed by atoms with E-state index in [0.29, 0.717) is 35.4 Å². The number of nitrogens with one attached hydrogen (secondary N) is 1. The summed E-state index contributed by atoms with van der Waals surface area (Å²) in [6.07, 6.45) is 0.645. The highest BCUT2D eigenvalue weighted by Crippen LogP contribution is 2.66. The van der Waals surface area contributed by atoms with Crippen LogP contribution in [0.4, 0.5) is 4.39 Å². The maximum absolute atomic E-state index is 13.4. The lowest BCUT2D eigenvalue weighted by atomic mass is 9.43. The minimum atomic E-state index is -1.04. The van der Waals surface area contributed by atoms with E-state index in [9.17, 15) is 19.1 Å². The van der Waals surface area contributed by atoms with Crippen molar-refractivity contribution in [2.24, 2.45) is 0 Å². The first-order chi connectivity index (χ1) is 14.2. The first kappa shape index (κ1) is 19.6. The number of carbonyl (C=O) groups is 2. The second-order valence-electron chi connectivity index (χ2n) is 8.23. The van der Waals surface area contributed by atoms with Crippen LogP contribution in [0.25, 0.3) is 0 Å². The number of halogens is 3. The molecule has 0 aromatic heterocycles. The van der Waals surface area contributed by atoms with Gasteiger partial charge in [0.2, 0.25) is 0 Å². The first-order valence-corrected chi connectivity index (χ1v) is 10.2. The summed E-state index contributed by atoms with van der Waals surface area (Å²) >= 11 is 11.6. The Morgan fingerprint density at radius 3 is 2.67 bits per heavy atom. The number of rotatable bonds is 5. The Kier molecular flexibility index (Phi) is 4.29. The van der Waals surface area contributed by atoms with Crippen LogP contribution >= 0.6 is 23.2 Å². The normalized spacial score (nSPS) is 28.5. The van der Waals surface area contributed by atoms with E-state index >= 15 is 0 Å². The Labute approximate surface area is 181 Å². The van der Waals surface area contributed by atoms with Crippen molar-refractivity contribution in [2.45, 2.75) is 36.6 Å². The molecule has 4 aliphatic rings. The molecule has 6 rings (SSSR count). The highest BCUT2D eigenvalue weighted by molar-refractivity contribution is 6.31. The van der Waals surface area contributed by atoms with E-state index < -0.39 is 23.1 Å². The molecule has 1 aliphatic heterocycles. The number of ether oxygens (including phenoxy) is 1. The molecule has 2 aromatic rings. The van der Waals surface area contributed by atoms with Crippen LogP contribution in [-0.4, -0.2) is 39.5 Å². The van der Waals surface area contributed by atoms with E-state index in [1.54, 1.807) is 18.2 Å². The molecular weight excluding hydrogens is 434 g/mol. The molecule has 30 heavy (non-hydrogen) atoms. The van der Waals surface area contributed by atoms with Crippen LogP contribution in [0.3, 0.4) is 0 Å². The second kappa shape index (κ2) is 6.57. The van der Waals surface area contributed by atoms with Crippen LogP contribution in [0.15, 0.2) is 36.4 Å². The fourth-order valence-electron chi connectivity index (χ4n) is 4.97. The van der Waals surface area contributed by atoms with Crippen molar-refractivity contribution in [1.82, 2.24) is 10.2 Å². The Balaban J connectivity index is 1.19. The third-order valence-electron chi connectivity index (χ3n) is 6.16. The van der Waals surface area contributed by atoms with Crippen molar-refractivity contribution in [2.75, 3.05) is 6.61 Å². The van der Waals surface area contributed by atoms with Gasteiger partial charge in [-0.15, -0.1) is 0 Å². The number of aliphatic hydroxyl groups excluding tert-OH is 1. The molecular formula is C21H17Cl2FN2O4. The standard InChI is InChI=1S/C21H17Cl2FN2O4/c22-11-1-3-13-14(5-11)19(29)26(18(13)28)21-8-20(9-21,10-21)25-17(27)7-30-12-2-4-15(23)16(24)6-12/h1-6,19,29H,7-10H2,(H,25,27). The third kappa shape index (κ3) is 2.87. The van der Waals surface area contributed by atoms with Gasteiger partial charge in [-0.1, -0.05) is 23.2 Å². The van der Waals surface area contributed by atoms with E-state index in [2.05, 4.69) is 5.32 Å². The molecule has 156 valence electrons. The van der Waals surface area contributed by atoms with E-state index in [1.165, 1.54) is 17.0 Å². The van der Waals surface area contributed by atoms with E-state index in [1.807, 2.05) is 0 Å². The van der Waals surface area contributed by atoms with Gasteiger partial charge in [0.05, 0.1) is 10.6 Å². The number of amides is 2. The van der Waals surface area contributed by atoms with Crippen molar-refractivity contribution >= 4 is 35.0 Å². The molecule has 3 aliphatic carbocycles. The summed E-state index contributed by atoms with van der Waals surface area (Å²) in [5.41, 5.74) is 0.102. The summed E-state index contributed by atoms with van der Waals surface area (Å²) in [5, 5.41) is 14.1. The van der Waals surface area contributed by atoms with Crippen molar-refractivity contribution in [3.8, 4) is 5.75 Å². The third-order valence-corrected chi connectivity index (χ3v) is 6.71. The quantitative estimate of drug-likeness (QED) is 0.730. The number of hydrogen-bond acceptors (Lipinski definition) is 4. The summed E-state index contributed by atoms with van der Waals surface area (Å²) in [6, 6.07) is 8.83. The van der Waals surface area contributed by atoms with Crippen LogP contribution in [0.1, 0.15) is 41.4 Å². The Bertz CT molecular complexity index is 1070. The van der Waals surface area contributed by atoms with Crippen LogP contribution in [-0.2, 0) is 4.79 Å². The topological polar surface area (TPSA) is 78.9 Å². The summed E-state index contributed by atoms with van der Waals surface area (Å²) in [7, 11) is 0. The van der Waals surface area contributed by atoms with Crippen molar-refractivity contribution in [3.63, 3.8) is 0 Å². The number of nitrogens with zero attached hydrogens (tertiary/aromatic N) is 1. The molecule has 6 nitrogen and oxygen atoms in total. The van der Waals surface area contributed by atoms with Gasteiger partial charge in [0, 0.05) is 27.8 Å². The number of benzene rings is 2. The lowest BCUT2D eigenvalue weighted by molar-refractivity contribution is -0.200. The molecule has 1 unspecified atom stereocenters. The highest BCUT2D eigenvalue weighted by atomic mass is 35.5. The minimum absolute atomic E-state index is 0.0194. The van der Waals surface area contributed by atoms with Crippen LogP contribution in [0.2, 0.25) is 10.0 Å². The van der Waals surface area contributed by atoms with Crippen LogP contribution in [0, 0.1) is 5.82 Å². The molecule has 3 saturated carbocycles. The zero-order valence-electron chi connectivity index (χ0n) is 15.6. The van der Waals surface area contributed by atoms with Crippen molar-refractivity contribution in [3.05, 3.63) is 63.4 Å². The molecule has 1 heterocycles. The molecule has 0 radical (unpaired) electrons. The van der Waals surface area contributed by atoms with Gasteiger partial charge in [-0.25, -0.2) is 4.39 Å². The van der Waals surface area contributed by atoms with Gasteiger partial charge in [0.1, 0.15) is 11.6 Å². The Hall–Kier alpha value is -2.35. The smallest absolute Gasteiger partial charge is 0.258 e. The zero-order chi connectivity index (χ0) is 21.3. The van der Waals surface area contributed by atoms with Gasteiger partial charge < -0.3 is 20.1 Å². The Morgan fingerprint density at radius 1 is 1.23 bits per heavy atom. The van der Waals surface area contributed by atoms with Gasteiger partial charge in [-0.05, 0) is 49.6 Å². The molecule has 0 spiro atoms. The lowest BCUT2D eigenvalue weighted by Crippen LogP contribution is -2.84. The monoisotopic (exact) mass is 450 g/mol. The summed E-state index contributed by atoms with van der Waals surface area (Å²) < 4.78 is 18.8. The maximum atomic E-state index is 13.4. The fraction of sp³-hybridized carbons (Fsp3) is 0.333. The van der Waals surface area contributed by atoms with Gasteiger partial charge in [-0.3, -0.25) is 9.59 Å². The van der Waals surface area contributed by atoms with Gasteiger partial charge in [-0.2, -0.15) is 0 Å². The first-order valence-electron chi connectivity index (χ1n) is 9.42. The predicted molar refractivity (Wildman–Crippen MR) is 107 cm³/mol. The molecule has 0 saturated heterocycles. The van der Waals surface area contributed by atoms with E-state index in [0.717, 1.165) is 6.07 Å². The molecule has 3 fully saturated rings. The number of fused-ring (bicyclic) bond motifs is 1. The van der Waals surface area contributed by atoms with Crippen molar-refractivity contribution < 1.29 is 23.8 Å². The average Bonchev–Trinajstić information content (AvgIpc) is 2.88. The SMILES string of the molecule is O=C(COc1ccc(Cl)c(F)c1)NC12CC(N3C(=O)c4ccc(Cl)cc4C3O)(C1)C2. The molecule has 1 atom stereocenters. The second-order valence-corrected chi connectivity index (χ2v) is 9.07. The van der Waals surface area contributed by atoms with Crippen molar-refractivity contribution in [1.29, 1.82) is 0 Å².